The van der Waals surface area contributed by atoms with Gasteiger partial charge in [-0.15, -0.1) is 0 Å². The minimum atomic E-state index is -0.231. The van der Waals surface area contributed by atoms with Crippen LogP contribution in [-0.2, 0) is 11.3 Å². The van der Waals surface area contributed by atoms with Gasteiger partial charge in [-0.3, -0.25) is 9.59 Å². The number of benzene rings is 3. The van der Waals surface area contributed by atoms with E-state index in [1.807, 2.05) is 54.6 Å². The summed E-state index contributed by atoms with van der Waals surface area (Å²) in [4.78, 5) is 23.5. The van der Waals surface area contributed by atoms with Crippen molar-refractivity contribution in [2.45, 2.75) is 13.5 Å². The van der Waals surface area contributed by atoms with Gasteiger partial charge in [0.15, 0.2) is 5.75 Å². The number of anilines is 1. The number of rotatable bonds is 6. The van der Waals surface area contributed by atoms with Crippen LogP contribution in [0.3, 0.4) is 0 Å². The van der Waals surface area contributed by atoms with Crippen molar-refractivity contribution >= 4 is 17.5 Å². The maximum Gasteiger partial charge on any atom is 0.255 e. The summed E-state index contributed by atoms with van der Waals surface area (Å²) in [5, 5.41) is 5.61. The Balaban J connectivity index is 1.70. The van der Waals surface area contributed by atoms with E-state index in [4.69, 9.17) is 4.74 Å². The Labute approximate surface area is 158 Å². The summed E-state index contributed by atoms with van der Waals surface area (Å²) >= 11 is 0. The fourth-order valence-electron chi connectivity index (χ4n) is 2.47. The Kier molecular flexibility index (Phi) is 5.84. The van der Waals surface area contributed by atoms with Gasteiger partial charge in [0, 0.05) is 19.0 Å². The van der Waals surface area contributed by atoms with Crippen LogP contribution < -0.4 is 15.4 Å². The highest BCUT2D eigenvalue weighted by atomic mass is 16.5. The van der Waals surface area contributed by atoms with E-state index in [2.05, 4.69) is 10.6 Å². The second-order valence-corrected chi connectivity index (χ2v) is 5.97. The molecule has 0 unspecified atom stereocenters. The van der Waals surface area contributed by atoms with Gasteiger partial charge in [-0.25, -0.2) is 0 Å². The molecule has 0 saturated carbocycles. The number of carbonyl (C=O) groups excluding carboxylic acids is 2. The summed E-state index contributed by atoms with van der Waals surface area (Å²) in [6.45, 7) is 1.90. The molecule has 0 heterocycles. The Morgan fingerprint density at radius 2 is 1.52 bits per heavy atom. The molecule has 2 amide bonds. The molecule has 136 valence electrons. The average molecular weight is 360 g/mol. The van der Waals surface area contributed by atoms with Crippen LogP contribution in [0.2, 0.25) is 0 Å². The van der Waals surface area contributed by atoms with Gasteiger partial charge in [0.2, 0.25) is 5.91 Å². The van der Waals surface area contributed by atoms with Crippen LogP contribution in [0.25, 0.3) is 0 Å². The van der Waals surface area contributed by atoms with Crippen molar-refractivity contribution in [3.63, 3.8) is 0 Å². The summed E-state index contributed by atoms with van der Waals surface area (Å²) in [7, 11) is 0. The monoisotopic (exact) mass is 360 g/mol. The molecule has 0 bridgehead atoms. The molecule has 2 N–H and O–H groups in total. The number of para-hydroxylation sites is 3. The summed E-state index contributed by atoms with van der Waals surface area (Å²) in [5.74, 6) is 0.942. The fraction of sp³-hybridized carbons (Fsp3) is 0.0909. The molecule has 3 aromatic rings. The zero-order valence-corrected chi connectivity index (χ0v) is 14.9. The van der Waals surface area contributed by atoms with Gasteiger partial charge in [0.05, 0.1) is 5.69 Å². The van der Waals surface area contributed by atoms with E-state index >= 15 is 0 Å². The maximum absolute atomic E-state index is 12.6. The summed E-state index contributed by atoms with van der Waals surface area (Å²) in [6, 6.07) is 23.8. The average Bonchev–Trinajstić information content (AvgIpc) is 2.69. The molecule has 0 aromatic heterocycles. The lowest BCUT2D eigenvalue weighted by Crippen LogP contribution is -2.19. The molecule has 0 atom stereocenters. The molecule has 3 aromatic carbocycles. The SMILES string of the molecule is CC(=O)NCc1ccc(C(=O)Nc2ccccc2Oc2ccccc2)cc1. The quantitative estimate of drug-likeness (QED) is 0.686. The second kappa shape index (κ2) is 8.67. The minimum Gasteiger partial charge on any atom is -0.455 e. The molecule has 3 rings (SSSR count). The number of nitrogens with one attached hydrogen (secondary N) is 2. The third kappa shape index (κ3) is 5.19. The molecular weight excluding hydrogens is 340 g/mol. The maximum atomic E-state index is 12.6. The van der Waals surface area contributed by atoms with Gasteiger partial charge < -0.3 is 15.4 Å². The predicted octanol–water partition coefficient (Wildman–Crippen LogP) is 4.37. The number of amides is 2. The Morgan fingerprint density at radius 3 is 2.22 bits per heavy atom. The van der Waals surface area contributed by atoms with Gasteiger partial charge in [-0.05, 0) is 42.0 Å². The molecule has 0 radical (unpaired) electrons. The highest BCUT2D eigenvalue weighted by Gasteiger charge is 2.10. The van der Waals surface area contributed by atoms with Crippen molar-refractivity contribution in [3.8, 4) is 11.5 Å². The molecule has 0 saturated heterocycles. The largest absolute Gasteiger partial charge is 0.455 e. The fourth-order valence-corrected chi connectivity index (χ4v) is 2.47. The number of hydrogen-bond donors (Lipinski definition) is 2. The normalized spacial score (nSPS) is 10.1. The van der Waals surface area contributed by atoms with E-state index in [-0.39, 0.29) is 11.8 Å². The van der Waals surface area contributed by atoms with Crippen molar-refractivity contribution in [2.75, 3.05) is 5.32 Å². The van der Waals surface area contributed by atoms with Gasteiger partial charge in [-0.2, -0.15) is 0 Å². The summed E-state index contributed by atoms with van der Waals surface area (Å²) in [5.41, 5.74) is 2.04. The van der Waals surface area contributed by atoms with Crippen LogP contribution in [0.5, 0.6) is 11.5 Å². The van der Waals surface area contributed by atoms with Crippen molar-refractivity contribution in [2.24, 2.45) is 0 Å². The first-order valence-corrected chi connectivity index (χ1v) is 8.58. The molecule has 5 heteroatoms. The lowest BCUT2D eigenvalue weighted by atomic mass is 10.1. The summed E-state index contributed by atoms with van der Waals surface area (Å²) < 4.78 is 5.86. The van der Waals surface area contributed by atoms with E-state index < -0.39 is 0 Å². The van der Waals surface area contributed by atoms with Crippen molar-refractivity contribution in [3.05, 3.63) is 90.0 Å². The predicted molar refractivity (Wildman–Crippen MR) is 105 cm³/mol. The number of ether oxygens (including phenoxy) is 1. The third-order valence-electron chi connectivity index (χ3n) is 3.86. The summed E-state index contributed by atoms with van der Waals surface area (Å²) in [6.07, 6.45) is 0. The topological polar surface area (TPSA) is 67.4 Å². The van der Waals surface area contributed by atoms with Gasteiger partial charge in [0.1, 0.15) is 5.75 Å². The molecule has 0 spiro atoms. The lowest BCUT2D eigenvalue weighted by molar-refractivity contribution is -0.119. The molecule has 5 nitrogen and oxygen atoms in total. The Bertz CT molecular complexity index is 922. The minimum absolute atomic E-state index is 0.0909. The van der Waals surface area contributed by atoms with E-state index in [1.54, 1.807) is 24.3 Å². The smallest absolute Gasteiger partial charge is 0.255 e. The zero-order chi connectivity index (χ0) is 19.1. The van der Waals surface area contributed by atoms with E-state index in [0.29, 0.717) is 29.3 Å². The van der Waals surface area contributed by atoms with Crippen LogP contribution >= 0.6 is 0 Å². The highest BCUT2D eigenvalue weighted by Crippen LogP contribution is 2.29. The second-order valence-electron chi connectivity index (χ2n) is 5.97. The van der Waals surface area contributed by atoms with Crippen LogP contribution in [-0.4, -0.2) is 11.8 Å². The van der Waals surface area contributed by atoms with Gasteiger partial charge in [0.25, 0.3) is 5.91 Å². The lowest BCUT2D eigenvalue weighted by Gasteiger charge is -2.12. The first-order chi connectivity index (χ1) is 13.1. The van der Waals surface area contributed by atoms with Gasteiger partial charge in [-0.1, -0.05) is 42.5 Å². The first-order valence-electron chi connectivity index (χ1n) is 8.58. The standard InChI is InChI=1S/C22H20N2O3/c1-16(25)23-15-17-11-13-18(14-12-17)22(26)24-20-9-5-6-10-21(20)27-19-7-3-2-4-8-19/h2-14H,15H2,1H3,(H,23,25)(H,24,26). The van der Waals surface area contributed by atoms with E-state index in [1.165, 1.54) is 6.92 Å². The van der Waals surface area contributed by atoms with Crippen molar-refractivity contribution in [1.82, 2.24) is 5.32 Å². The molecule has 0 aliphatic carbocycles. The zero-order valence-electron chi connectivity index (χ0n) is 14.9. The van der Waals surface area contributed by atoms with Crippen molar-refractivity contribution < 1.29 is 14.3 Å². The van der Waals surface area contributed by atoms with Gasteiger partial charge >= 0.3 is 0 Å². The number of carbonyl (C=O) groups is 2. The number of hydrogen-bond acceptors (Lipinski definition) is 3. The van der Waals surface area contributed by atoms with Crippen LogP contribution in [0.4, 0.5) is 5.69 Å². The van der Waals surface area contributed by atoms with E-state index in [0.717, 1.165) is 5.56 Å². The molecule has 0 aliphatic rings. The Morgan fingerprint density at radius 1 is 0.852 bits per heavy atom. The highest BCUT2D eigenvalue weighted by molar-refractivity contribution is 6.05. The molecule has 0 fully saturated rings. The van der Waals surface area contributed by atoms with Crippen molar-refractivity contribution in [1.29, 1.82) is 0 Å². The van der Waals surface area contributed by atoms with Crippen LogP contribution in [0.1, 0.15) is 22.8 Å². The van der Waals surface area contributed by atoms with Crippen LogP contribution in [0, 0.1) is 0 Å². The Hall–Kier alpha value is -3.60. The molecular formula is C22H20N2O3. The first kappa shape index (κ1) is 18.2. The molecule has 27 heavy (non-hydrogen) atoms. The third-order valence-corrected chi connectivity index (χ3v) is 3.86. The van der Waals surface area contributed by atoms with Crippen LogP contribution in [0.15, 0.2) is 78.9 Å². The molecule has 0 aliphatic heterocycles. The van der Waals surface area contributed by atoms with E-state index in [9.17, 15) is 9.59 Å².